The molecule has 0 aliphatic heterocycles. The van der Waals surface area contributed by atoms with Gasteiger partial charge in [0, 0.05) is 31.1 Å². The predicted molar refractivity (Wildman–Crippen MR) is 87.0 cm³/mol. The van der Waals surface area contributed by atoms with E-state index in [9.17, 15) is 14.4 Å². The molecule has 0 fully saturated rings. The maximum atomic E-state index is 12.1. The van der Waals surface area contributed by atoms with Gasteiger partial charge in [-0.05, 0) is 17.7 Å². The van der Waals surface area contributed by atoms with Crippen LogP contribution in [0.4, 0.5) is 0 Å². The highest BCUT2D eigenvalue weighted by atomic mass is 16.4. The Morgan fingerprint density at radius 3 is 2.17 bits per heavy atom. The van der Waals surface area contributed by atoms with E-state index in [0.717, 1.165) is 5.56 Å². The van der Waals surface area contributed by atoms with Crippen molar-refractivity contribution in [3.8, 4) is 0 Å². The van der Waals surface area contributed by atoms with Gasteiger partial charge in [-0.25, -0.2) is 0 Å². The van der Waals surface area contributed by atoms with E-state index >= 15 is 0 Å². The topological polar surface area (TPSA) is 86.7 Å². The first-order chi connectivity index (χ1) is 10.6. The van der Waals surface area contributed by atoms with Gasteiger partial charge in [0.2, 0.25) is 5.91 Å². The summed E-state index contributed by atoms with van der Waals surface area (Å²) in [7, 11) is 1.57. The number of carboxylic acid groups (broad SMARTS) is 1. The summed E-state index contributed by atoms with van der Waals surface area (Å²) in [6.07, 6.45) is -0.0842. The van der Waals surface area contributed by atoms with Gasteiger partial charge in [-0.15, -0.1) is 0 Å². The third kappa shape index (κ3) is 6.10. The number of benzene rings is 1. The summed E-state index contributed by atoms with van der Waals surface area (Å²) in [5.74, 6) is -1.20. The zero-order valence-corrected chi connectivity index (χ0v) is 14.0. The van der Waals surface area contributed by atoms with Gasteiger partial charge in [-0.3, -0.25) is 14.4 Å². The fraction of sp³-hybridized carbons (Fsp3) is 0.471. The summed E-state index contributed by atoms with van der Waals surface area (Å²) in [4.78, 5) is 35.9. The van der Waals surface area contributed by atoms with Crippen LogP contribution in [0.3, 0.4) is 0 Å². The summed E-state index contributed by atoms with van der Waals surface area (Å²) >= 11 is 0. The number of hydrogen-bond acceptors (Lipinski definition) is 3. The Morgan fingerprint density at radius 1 is 1.13 bits per heavy atom. The largest absolute Gasteiger partial charge is 0.481 e. The number of hydrogen-bond donors (Lipinski definition) is 2. The van der Waals surface area contributed by atoms with Crippen LogP contribution in [0.1, 0.15) is 43.1 Å². The molecule has 126 valence electrons. The highest BCUT2D eigenvalue weighted by Crippen LogP contribution is 2.13. The van der Waals surface area contributed by atoms with Gasteiger partial charge in [-0.1, -0.05) is 32.9 Å². The van der Waals surface area contributed by atoms with Crippen LogP contribution in [0.25, 0.3) is 0 Å². The van der Waals surface area contributed by atoms with E-state index < -0.39 is 11.4 Å². The minimum absolute atomic E-state index is 0.0361. The standard InChI is InChI=1S/C17H24N2O4/c1-17(2,3)16(23)18-11-12-5-7-13(8-6-12)15(22)19(4)10-9-14(20)21/h5-8H,9-11H2,1-4H3,(H,18,23)(H,20,21). The molecule has 6 heteroatoms. The van der Waals surface area contributed by atoms with E-state index in [1.807, 2.05) is 20.8 Å². The second-order valence-corrected chi connectivity index (χ2v) is 6.50. The number of aliphatic carboxylic acids is 1. The maximum absolute atomic E-state index is 12.1. The van der Waals surface area contributed by atoms with Gasteiger partial charge < -0.3 is 15.3 Å². The first-order valence-electron chi connectivity index (χ1n) is 7.46. The molecule has 0 aliphatic carbocycles. The van der Waals surface area contributed by atoms with Crippen LogP contribution in [-0.4, -0.2) is 41.4 Å². The summed E-state index contributed by atoms with van der Waals surface area (Å²) in [5, 5.41) is 11.5. The molecule has 1 rings (SSSR count). The summed E-state index contributed by atoms with van der Waals surface area (Å²) in [5.41, 5.74) is 0.944. The Balaban J connectivity index is 2.60. The molecule has 0 heterocycles. The molecule has 0 unspecified atom stereocenters. The number of carbonyl (C=O) groups is 3. The molecule has 0 spiro atoms. The summed E-state index contributed by atoms with van der Waals surface area (Å²) in [6.45, 7) is 6.10. The summed E-state index contributed by atoms with van der Waals surface area (Å²) in [6, 6.07) is 6.92. The Kier molecular flexibility index (Phi) is 6.30. The normalized spacial score (nSPS) is 11.0. The van der Waals surface area contributed by atoms with Crippen molar-refractivity contribution in [1.82, 2.24) is 10.2 Å². The highest BCUT2D eigenvalue weighted by Gasteiger charge is 2.20. The smallest absolute Gasteiger partial charge is 0.305 e. The third-order valence-electron chi connectivity index (χ3n) is 3.34. The monoisotopic (exact) mass is 320 g/mol. The van der Waals surface area contributed by atoms with E-state index in [0.29, 0.717) is 12.1 Å². The summed E-state index contributed by atoms with van der Waals surface area (Å²) < 4.78 is 0. The maximum Gasteiger partial charge on any atom is 0.305 e. The molecule has 1 aromatic rings. The van der Waals surface area contributed by atoms with Crippen LogP contribution in [0.15, 0.2) is 24.3 Å². The average molecular weight is 320 g/mol. The van der Waals surface area contributed by atoms with Crippen molar-refractivity contribution in [3.05, 3.63) is 35.4 Å². The van der Waals surface area contributed by atoms with E-state index in [2.05, 4.69) is 5.32 Å². The van der Waals surface area contributed by atoms with Crippen molar-refractivity contribution in [2.24, 2.45) is 5.41 Å². The van der Waals surface area contributed by atoms with Crippen LogP contribution in [0.5, 0.6) is 0 Å². The van der Waals surface area contributed by atoms with Crippen LogP contribution in [0, 0.1) is 5.41 Å². The molecule has 2 N–H and O–H groups in total. The minimum Gasteiger partial charge on any atom is -0.481 e. The molecule has 23 heavy (non-hydrogen) atoms. The van der Waals surface area contributed by atoms with E-state index in [4.69, 9.17) is 5.11 Å². The number of nitrogens with one attached hydrogen (secondary N) is 1. The zero-order chi connectivity index (χ0) is 17.6. The number of amides is 2. The predicted octanol–water partition coefficient (Wildman–Crippen LogP) is 1.90. The van der Waals surface area contributed by atoms with Gasteiger partial charge in [0.05, 0.1) is 6.42 Å². The van der Waals surface area contributed by atoms with E-state index in [-0.39, 0.29) is 24.8 Å². The lowest BCUT2D eigenvalue weighted by Gasteiger charge is -2.18. The molecule has 0 aromatic heterocycles. The van der Waals surface area contributed by atoms with Crippen LogP contribution in [0.2, 0.25) is 0 Å². The molecule has 2 amide bonds. The number of rotatable bonds is 6. The van der Waals surface area contributed by atoms with Crippen molar-refractivity contribution in [3.63, 3.8) is 0 Å². The molecule has 0 bridgehead atoms. The Hall–Kier alpha value is -2.37. The molecule has 0 saturated heterocycles. The van der Waals surface area contributed by atoms with E-state index in [1.54, 1.807) is 31.3 Å². The van der Waals surface area contributed by atoms with Crippen molar-refractivity contribution in [2.45, 2.75) is 33.7 Å². The SMILES string of the molecule is CN(CCC(=O)O)C(=O)c1ccc(CNC(=O)C(C)(C)C)cc1. The van der Waals surface area contributed by atoms with Gasteiger partial charge >= 0.3 is 5.97 Å². The lowest BCUT2D eigenvalue weighted by molar-refractivity contribution is -0.137. The van der Waals surface area contributed by atoms with Crippen LogP contribution < -0.4 is 5.32 Å². The van der Waals surface area contributed by atoms with Gasteiger partial charge in [0.1, 0.15) is 0 Å². The molecule has 0 radical (unpaired) electrons. The Labute approximate surface area is 136 Å². The zero-order valence-electron chi connectivity index (χ0n) is 14.0. The number of carboxylic acids is 1. The van der Waals surface area contributed by atoms with Crippen LogP contribution in [-0.2, 0) is 16.1 Å². The van der Waals surface area contributed by atoms with Gasteiger partial charge in [0.25, 0.3) is 5.91 Å². The van der Waals surface area contributed by atoms with Crippen molar-refractivity contribution in [1.29, 1.82) is 0 Å². The Bertz CT molecular complexity index is 573. The average Bonchev–Trinajstić information content (AvgIpc) is 2.49. The number of carbonyl (C=O) groups excluding carboxylic acids is 2. The fourth-order valence-corrected chi connectivity index (χ4v) is 1.80. The molecule has 6 nitrogen and oxygen atoms in total. The van der Waals surface area contributed by atoms with Gasteiger partial charge in [0.15, 0.2) is 0 Å². The lowest BCUT2D eigenvalue weighted by Crippen LogP contribution is -2.34. The van der Waals surface area contributed by atoms with E-state index in [1.165, 1.54) is 4.90 Å². The quantitative estimate of drug-likeness (QED) is 0.838. The Morgan fingerprint density at radius 2 is 1.70 bits per heavy atom. The fourth-order valence-electron chi connectivity index (χ4n) is 1.80. The molecule has 1 aromatic carbocycles. The minimum atomic E-state index is -0.936. The van der Waals surface area contributed by atoms with Crippen molar-refractivity contribution < 1.29 is 19.5 Å². The van der Waals surface area contributed by atoms with Gasteiger partial charge in [-0.2, -0.15) is 0 Å². The third-order valence-corrected chi connectivity index (χ3v) is 3.34. The highest BCUT2D eigenvalue weighted by molar-refractivity contribution is 5.94. The second kappa shape index (κ2) is 7.76. The lowest BCUT2D eigenvalue weighted by atomic mass is 9.95. The number of nitrogens with zero attached hydrogens (tertiary/aromatic N) is 1. The van der Waals surface area contributed by atoms with Crippen molar-refractivity contribution >= 4 is 17.8 Å². The van der Waals surface area contributed by atoms with Crippen molar-refractivity contribution in [2.75, 3.05) is 13.6 Å². The molecule has 0 atom stereocenters. The van der Waals surface area contributed by atoms with Crippen LogP contribution >= 0.6 is 0 Å². The molecular weight excluding hydrogens is 296 g/mol. The molecular formula is C17H24N2O4. The first kappa shape index (κ1) is 18.7. The molecule has 0 aliphatic rings. The molecule has 0 saturated carbocycles. The first-order valence-corrected chi connectivity index (χ1v) is 7.46. The second-order valence-electron chi connectivity index (χ2n) is 6.50.